The molecule has 12 nitrogen and oxygen atoms in total. The number of carbonyl (C=O) groups excluding carboxylic acids is 1. The van der Waals surface area contributed by atoms with Gasteiger partial charge in [0.25, 0.3) is 0 Å². The van der Waals surface area contributed by atoms with Crippen LogP contribution in [0.25, 0.3) is 11.0 Å². The van der Waals surface area contributed by atoms with Crippen molar-refractivity contribution in [1.82, 2.24) is 19.7 Å². The molecule has 2 aromatic carbocycles. The molecule has 6 rings (SSSR count). The van der Waals surface area contributed by atoms with Crippen molar-refractivity contribution in [3.63, 3.8) is 0 Å². The highest BCUT2D eigenvalue weighted by atomic mass is 16.6. The van der Waals surface area contributed by atoms with Crippen LogP contribution in [0.2, 0.25) is 0 Å². The van der Waals surface area contributed by atoms with Crippen LogP contribution in [-0.4, -0.2) is 71.8 Å². The fraction of sp³-hybridized carbons (Fsp3) is 0.438. The SMILES string of the molecule is CCC(=O)Cc1ccccc1Nc1nc(Nc2ccc3c(c2)OCCOCCOCCO3)nc2c1cnn2C1CCCCO1. The van der Waals surface area contributed by atoms with E-state index in [-0.39, 0.29) is 12.0 Å². The van der Waals surface area contributed by atoms with Gasteiger partial charge < -0.3 is 34.3 Å². The van der Waals surface area contributed by atoms with Crippen molar-refractivity contribution in [3.05, 3.63) is 54.2 Å². The van der Waals surface area contributed by atoms with Gasteiger partial charge in [-0.15, -0.1) is 0 Å². The molecule has 1 saturated heterocycles. The number of carbonyl (C=O) groups is 1. The topological polar surface area (TPSA) is 131 Å². The Balaban J connectivity index is 1.34. The number of nitrogens with one attached hydrogen (secondary N) is 2. The fourth-order valence-electron chi connectivity index (χ4n) is 5.16. The van der Waals surface area contributed by atoms with E-state index in [0.717, 1.165) is 41.6 Å². The van der Waals surface area contributed by atoms with Gasteiger partial charge in [0.2, 0.25) is 5.95 Å². The average Bonchev–Trinajstić information content (AvgIpc) is 3.47. The molecule has 2 aromatic heterocycles. The van der Waals surface area contributed by atoms with Crippen molar-refractivity contribution < 1.29 is 28.5 Å². The van der Waals surface area contributed by atoms with Crippen LogP contribution in [0.3, 0.4) is 0 Å². The molecule has 232 valence electrons. The lowest BCUT2D eigenvalue weighted by atomic mass is 10.1. The first-order valence-electron chi connectivity index (χ1n) is 15.2. The zero-order valence-electron chi connectivity index (χ0n) is 24.9. The van der Waals surface area contributed by atoms with Crippen LogP contribution in [0.1, 0.15) is 44.4 Å². The molecule has 2 aliphatic rings. The maximum atomic E-state index is 12.3. The molecule has 0 saturated carbocycles. The van der Waals surface area contributed by atoms with Gasteiger partial charge in [-0.2, -0.15) is 15.1 Å². The molecule has 0 spiro atoms. The van der Waals surface area contributed by atoms with Gasteiger partial charge in [-0.25, -0.2) is 4.68 Å². The Bertz CT molecular complexity index is 1570. The summed E-state index contributed by atoms with van der Waals surface area (Å²) in [6.45, 7) is 5.26. The second-order valence-electron chi connectivity index (χ2n) is 10.6. The molecule has 2 aliphatic heterocycles. The van der Waals surface area contributed by atoms with Crippen molar-refractivity contribution in [2.24, 2.45) is 0 Å². The first-order chi connectivity index (χ1) is 21.7. The maximum absolute atomic E-state index is 12.3. The summed E-state index contributed by atoms with van der Waals surface area (Å²) in [5.74, 6) is 2.29. The van der Waals surface area contributed by atoms with Gasteiger partial charge in [-0.1, -0.05) is 25.1 Å². The summed E-state index contributed by atoms with van der Waals surface area (Å²) in [5, 5.41) is 12.2. The second kappa shape index (κ2) is 14.5. The minimum atomic E-state index is -0.208. The van der Waals surface area contributed by atoms with Crippen molar-refractivity contribution in [1.29, 1.82) is 0 Å². The molecule has 0 radical (unpaired) electrons. The van der Waals surface area contributed by atoms with E-state index >= 15 is 0 Å². The number of ketones is 1. The summed E-state index contributed by atoms with van der Waals surface area (Å²) in [6, 6.07) is 13.4. The van der Waals surface area contributed by atoms with E-state index in [1.165, 1.54) is 0 Å². The van der Waals surface area contributed by atoms with Crippen LogP contribution >= 0.6 is 0 Å². The fourth-order valence-corrected chi connectivity index (χ4v) is 5.16. The van der Waals surface area contributed by atoms with Gasteiger partial charge in [0, 0.05) is 36.9 Å². The first kappa shape index (κ1) is 29.8. The molecular weight excluding hydrogens is 564 g/mol. The Kier molecular flexibility index (Phi) is 9.80. The Hall–Kier alpha value is -4.26. The monoisotopic (exact) mass is 602 g/mol. The number of hydrogen-bond donors (Lipinski definition) is 2. The third-order valence-corrected chi connectivity index (χ3v) is 7.48. The Morgan fingerprint density at radius 2 is 1.70 bits per heavy atom. The van der Waals surface area contributed by atoms with Gasteiger partial charge in [-0.3, -0.25) is 4.79 Å². The molecule has 0 amide bonds. The summed E-state index contributed by atoms with van der Waals surface area (Å²) < 4.78 is 30.9. The minimum absolute atomic E-state index is 0.165. The Morgan fingerprint density at radius 3 is 2.50 bits per heavy atom. The summed E-state index contributed by atoms with van der Waals surface area (Å²) >= 11 is 0. The number of aromatic nitrogens is 4. The highest BCUT2D eigenvalue weighted by Crippen LogP contribution is 2.34. The normalized spacial score (nSPS) is 17.8. The minimum Gasteiger partial charge on any atom is -0.487 e. The quantitative estimate of drug-likeness (QED) is 0.271. The number of nitrogens with zero attached hydrogens (tertiary/aromatic N) is 4. The number of anilines is 4. The second-order valence-corrected chi connectivity index (χ2v) is 10.6. The van der Waals surface area contributed by atoms with Gasteiger partial charge >= 0.3 is 0 Å². The summed E-state index contributed by atoms with van der Waals surface area (Å²) in [7, 11) is 0. The Labute approximate surface area is 256 Å². The number of hydrogen-bond acceptors (Lipinski definition) is 11. The zero-order chi connectivity index (χ0) is 30.1. The molecule has 1 atom stereocenters. The number of para-hydroxylation sites is 1. The van der Waals surface area contributed by atoms with Gasteiger partial charge in [0.05, 0.1) is 38.0 Å². The van der Waals surface area contributed by atoms with Crippen LogP contribution in [0.15, 0.2) is 48.7 Å². The molecular formula is C32H38N6O6. The van der Waals surface area contributed by atoms with Crippen LogP contribution in [0.4, 0.5) is 23.1 Å². The van der Waals surface area contributed by atoms with Crippen LogP contribution in [0.5, 0.6) is 11.5 Å². The van der Waals surface area contributed by atoms with E-state index in [9.17, 15) is 4.79 Å². The van der Waals surface area contributed by atoms with Gasteiger partial charge in [-0.05, 0) is 43.0 Å². The van der Waals surface area contributed by atoms with E-state index in [1.807, 2.05) is 54.1 Å². The predicted octanol–water partition coefficient (Wildman–Crippen LogP) is 5.34. The third-order valence-electron chi connectivity index (χ3n) is 7.48. The number of benzene rings is 2. The van der Waals surface area contributed by atoms with E-state index in [4.69, 9.17) is 33.7 Å². The van der Waals surface area contributed by atoms with E-state index in [2.05, 4.69) is 15.7 Å². The van der Waals surface area contributed by atoms with Gasteiger partial charge in [0.1, 0.15) is 24.8 Å². The molecule has 4 heterocycles. The molecule has 44 heavy (non-hydrogen) atoms. The number of ether oxygens (including phenoxy) is 5. The predicted molar refractivity (Wildman–Crippen MR) is 165 cm³/mol. The smallest absolute Gasteiger partial charge is 0.231 e. The van der Waals surface area contributed by atoms with E-state index in [1.54, 1.807) is 6.20 Å². The largest absolute Gasteiger partial charge is 0.487 e. The average molecular weight is 603 g/mol. The molecule has 4 aromatic rings. The van der Waals surface area contributed by atoms with Crippen LogP contribution in [0, 0.1) is 0 Å². The summed E-state index contributed by atoms with van der Waals surface area (Å²) in [4.78, 5) is 22.1. The molecule has 2 N–H and O–H groups in total. The number of rotatable bonds is 8. The lowest BCUT2D eigenvalue weighted by Gasteiger charge is -2.23. The molecule has 12 heteroatoms. The number of fused-ring (bicyclic) bond motifs is 2. The van der Waals surface area contributed by atoms with E-state index in [0.29, 0.717) is 88.0 Å². The molecule has 0 bridgehead atoms. The molecule has 0 aliphatic carbocycles. The van der Waals surface area contributed by atoms with Crippen LogP contribution in [-0.2, 0) is 25.4 Å². The van der Waals surface area contributed by atoms with Crippen molar-refractivity contribution in [3.8, 4) is 11.5 Å². The summed E-state index contributed by atoms with van der Waals surface area (Å²) in [6.07, 6.45) is 5.30. The van der Waals surface area contributed by atoms with Crippen LogP contribution < -0.4 is 20.1 Å². The molecule has 1 unspecified atom stereocenters. The lowest BCUT2D eigenvalue weighted by Crippen LogP contribution is -2.19. The standard InChI is InChI=1S/C32H38N6O6/c1-2-24(39)19-22-7-3-4-8-26(22)35-30-25-21-33-38(29-9-5-6-12-44-29)31(25)37-32(36-30)34-23-10-11-27-28(20-23)43-18-16-41-14-13-40-15-17-42-27/h3-4,7-8,10-11,20-21,29H,2,5-6,9,12-19H2,1H3,(H2,34,35,36,37). The van der Waals surface area contributed by atoms with Crippen molar-refractivity contribution in [2.45, 2.75) is 45.3 Å². The van der Waals surface area contributed by atoms with Gasteiger partial charge in [0.15, 0.2) is 23.4 Å². The lowest BCUT2D eigenvalue weighted by molar-refractivity contribution is -0.118. The number of Topliss-reactive ketones (excluding diaryl/α,β-unsaturated/α-hetero) is 1. The highest BCUT2D eigenvalue weighted by molar-refractivity contribution is 5.91. The molecule has 1 fully saturated rings. The third kappa shape index (κ3) is 7.26. The van der Waals surface area contributed by atoms with Crippen molar-refractivity contribution in [2.75, 3.05) is 56.9 Å². The zero-order valence-corrected chi connectivity index (χ0v) is 24.9. The summed E-state index contributed by atoms with van der Waals surface area (Å²) in [5.41, 5.74) is 3.06. The Morgan fingerprint density at radius 1 is 0.909 bits per heavy atom. The van der Waals surface area contributed by atoms with Crippen molar-refractivity contribution >= 4 is 40.0 Å². The highest BCUT2D eigenvalue weighted by Gasteiger charge is 2.22. The first-order valence-corrected chi connectivity index (χ1v) is 15.2. The maximum Gasteiger partial charge on any atom is 0.231 e. The van der Waals surface area contributed by atoms with E-state index < -0.39 is 0 Å².